The average Bonchev–Trinajstić information content (AvgIpc) is 3.22. The molecule has 9 nitrogen and oxygen atoms in total. The normalized spacial score (nSPS) is 10.6. The second kappa shape index (κ2) is 26.7. The van der Waals surface area contributed by atoms with Gasteiger partial charge in [0.1, 0.15) is 19.0 Å². The van der Waals surface area contributed by atoms with Gasteiger partial charge in [-0.3, -0.25) is 9.59 Å². The zero-order valence-electron chi connectivity index (χ0n) is 35.1. The first-order valence-electron chi connectivity index (χ1n) is 20.6. The Morgan fingerprint density at radius 1 is 0.649 bits per heavy atom. The number of unbranched alkanes of at least 4 members (excludes halogenated alkanes) is 2. The summed E-state index contributed by atoms with van der Waals surface area (Å²) in [5.74, 6) is 1.16. The number of carbonyl (C=O) groups is 3. The van der Waals surface area contributed by atoms with Crippen LogP contribution in [0.15, 0.2) is 97.1 Å². The highest BCUT2D eigenvalue weighted by Gasteiger charge is 2.14. The molecular formula is C48H66N4O5. The standard InChI is InChI=1S/C25H36N2O2.C23H30N2O3/c1-3-4-8-17-27(18-9-16-26)25(28)15-13-22-12-14-24(21(2)19-22)29-20-23-10-6-5-7-11-23;1-18-10-11-20(16-19(18)2)12-13-22(26)24-14-7-15-25(3)23(27)28-17-21-8-5-4-6-9-21/h5-7,10-12,14,19H,3-4,8-9,13,15-18,20,26H2,1-2H3;4-6,8-11,16H,7,12-15,17H2,1-3H3,(H,24,26). The van der Waals surface area contributed by atoms with Gasteiger partial charge in [0, 0.05) is 46.1 Å². The van der Waals surface area contributed by atoms with Gasteiger partial charge in [-0.2, -0.15) is 0 Å². The van der Waals surface area contributed by atoms with E-state index in [0.29, 0.717) is 45.5 Å². The van der Waals surface area contributed by atoms with Crippen LogP contribution in [0, 0.1) is 20.8 Å². The zero-order chi connectivity index (χ0) is 41.3. The number of hydrogen-bond donors (Lipinski definition) is 2. The lowest BCUT2D eigenvalue weighted by Crippen LogP contribution is -2.34. The molecule has 4 aromatic carbocycles. The maximum Gasteiger partial charge on any atom is 0.409 e. The molecule has 4 aromatic rings. The van der Waals surface area contributed by atoms with Crippen molar-refractivity contribution in [2.75, 3.05) is 39.8 Å². The van der Waals surface area contributed by atoms with E-state index in [1.54, 1.807) is 7.05 Å². The van der Waals surface area contributed by atoms with Crippen molar-refractivity contribution in [3.05, 3.63) is 136 Å². The van der Waals surface area contributed by atoms with Crippen LogP contribution in [0.5, 0.6) is 5.75 Å². The van der Waals surface area contributed by atoms with E-state index < -0.39 is 0 Å². The molecule has 3 N–H and O–H groups in total. The number of rotatable bonds is 22. The van der Waals surface area contributed by atoms with Crippen molar-refractivity contribution in [3.63, 3.8) is 0 Å². The molecule has 0 bridgehead atoms. The summed E-state index contributed by atoms with van der Waals surface area (Å²) >= 11 is 0. The quantitative estimate of drug-likeness (QED) is 0.0771. The fourth-order valence-corrected chi connectivity index (χ4v) is 6.14. The Labute approximate surface area is 341 Å². The molecule has 0 aromatic heterocycles. The van der Waals surface area contributed by atoms with Crippen LogP contribution in [-0.2, 0) is 40.4 Å². The predicted molar refractivity (Wildman–Crippen MR) is 231 cm³/mol. The number of ether oxygens (including phenoxy) is 2. The lowest BCUT2D eigenvalue weighted by Gasteiger charge is -2.22. The molecule has 3 amide bonds. The van der Waals surface area contributed by atoms with Crippen LogP contribution in [0.25, 0.3) is 0 Å². The third kappa shape index (κ3) is 18.6. The topological polar surface area (TPSA) is 114 Å². The molecule has 57 heavy (non-hydrogen) atoms. The maximum absolute atomic E-state index is 12.7. The van der Waals surface area contributed by atoms with Crippen LogP contribution >= 0.6 is 0 Å². The van der Waals surface area contributed by atoms with Gasteiger partial charge in [-0.05, 0) is 104 Å². The molecule has 0 fully saturated rings. The van der Waals surface area contributed by atoms with Crippen LogP contribution in [0.4, 0.5) is 4.79 Å². The van der Waals surface area contributed by atoms with E-state index in [9.17, 15) is 14.4 Å². The number of nitrogens with two attached hydrogens (primary N) is 1. The summed E-state index contributed by atoms with van der Waals surface area (Å²) in [5, 5.41) is 2.91. The maximum atomic E-state index is 12.7. The first-order chi connectivity index (χ1) is 27.6. The molecule has 0 heterocycles. The van der Waals surface area contributed by atoms with Crippen LogP contribution < -0.4 is 15.8 Å². The molecule has 4 rings (SSSR count). The number of nitrogens with one attached hydrogen (secondary N) is 1. The highest BCUT2D eigenvalue weighted by atomic mass is 16.6. The Hall–Kier alpha value is -5.15. The Morgan fingerprint density at radius 3 is 1.89 bits per heavy atom. The minimum absolute atomic E-state index is 0.0348. The van der Waals surface area contributed by atoms with Gasteiger partial charge in [-0.1, -0.05) is 111 Å². The van der Waals surface area contributed by atoms with Crippen molar-refractivity contribution >= 4 is 17.9 Å². The van der Waals surface area contributed by atoms with Gasteiger partial charge in [-0.15, -0.1) is 0 Å². The van der Waals surface area contributed by atoms with Crippen LogP contribution in [0.1, 0.15) is 90.8 Å². The van der Waals surface area contributed by atoms with Crippen molar-refractivity contribution in [2.45, 2.75) is 98.7 Å². The Balaban J connectivity index is 0.000000306. The second-order valence-corrected chi connectivity index (χ2v) is 14.7. The monoisotopic (exact) mass is 779 g/mol. The Kier molecular flexibility index (Phi) is 21.6. The van der Waals surface area contributed by atoms with Gasteiger partial charge in [-0.25, -0.2) is 4.79 Å². The summed E-state index contributed by atoms with van der Waals surface area (Å²) in [5.41, 5.74) is 13.7. The van der Waals surface area contributed by atoms with Crippen molar-refractivity contribution in [1.29, 1.82) is 0 Å². The molecular weight excluding hydrogens is 713 g/mol. The van der Waals surface area contributed by atoms with Gasteiger partial charge in [0.2, 0.25) is 11.8 Å². The summed E-state index contributed by atoms with van der Waals surface area (Å²) in [4.78, 5) is 40.2. The molecule has 0 radical (unpaired) electrons. The van der Waals surface area contributed by atoms with Crippen LogP contribution in [-0.4, -0.2) is 67.5 Å². The highest BCUT2D eigenvalue weighted by molar-refractivity contribution is 5.76. The lowest BCUT2D eigenvalue weighted by atomic mass is 10.0. The molecule has 308 valence electrons. The lowest BCUT2D eigenvalue weighted by molar-refractivity contribution is -0.131. The third-order valence-corrected chi connectivity index (χ3v) is 9.84. The van der Waals surface area contributed by atoms with Gasteiger partial charge < -0.3 is 30.3 Å². The molecule has 0 atom stereocenters. The van der Waals surface area contributed by atoms with Gasteiger partial charge in [0.05, 0.1) is 0 Å². The molecule has 0 aliphatic rings. The zero-order valence-corrected chi connectivity index (χ0v) is 35.1. The van der Waals surface area contributed by atoms with E-state index in [-0.39, 0.29) is 24.5 Å². The van der Waals surface area contributed by atoms with E-state index in [0.717, 1.165) is 74.1 Å². The number of nitrogens with zero attached hydrogens (tertiary/aromatic N) is 2. The molecule has 0 aliphatic heterocycles. The summed E-state index contributed by atoms with van der Waals surface area (Å²) in [7, 11) is 1.70. The van der Waals surface area contributed by atoms with Gasteiger partial charge >= 0.3 is 6.09 Å². The first kappa shape index (κ1) is 46.2. The predicted octanol–water partition coefficient (Wildman–Crippen LogP) is 8.89. The van der Waals surface area contributed by atoms with Crippen molar-refractivity contribution in [3.8, 4) is 5.75 Å². The third-order valence-electron chi connectivity index (χ3n) is 9.84. The van der Waals surface area contributed by atoms with E-state index in [1.165, 1.54) is 27.2 Å². The summed E-state index contributed by atoms with van der Waals surface area (Å²) < 4.78 is 11.2. The smallest absolute Gasteiger partial charge is 0.409 e. The largest absolute Gasteiger partial charge is 0.489 e. The molecule has 0 spiro atoms. The average molecular weight is 779 g/mol. The van der Waals surface area contributed by atoms with Crippen molar-refractivity contribution in [2.24, 2.45) is 5.73 Å². The number of hydrogen-bond acceptors (Lipinski definition) is 6. The van der Waals surface area contributed by atoms with E-state index >= 15 is 0 Å². The molecule has 0 saturated heterocycles. The number of carbonyl (C=O) groups excluding carboxylic acids is 3. The fourth-order valence-electron chi connectivity index (χ4n) is 6.14. The molecule has 0 unspecified atom stereocenters. The van der Waals surface area contributed by atoms with Crippen molar-refractivity contribution < 1.29 is 23.9 Å². The number of aryl methyl sites for hydroxylation is 5. The summed E-state index contributed by atoms with van der Waals surface area (Å²) in [6, 6.07) is 32.3. The molecule has 9 heteroatoms. The minimum Gasteiger partial charge on any atom is -0.489 e. The SMILES string of the molecule is CCCCCN(CCCN)C(=O)CCc1ccc(OCc2ccccc2)c(C)c1.Cc1ccc(CCC(=O)NCCCN(C)C(=O)OCc2ccccc2)cc1C. The highest BCUT2D eigenvalue weighted by Crippen LogP contribution is 2.22. The minimum atomic E-state index is -0.357. The van der Waals surface area contributed by atoms with Gasteiger partial charge in [0.15, 0.2) is 0 Å². The van der Waals surface area contributed by atoms with E-state index in [2.05, 4.69) is 75.5 Å². The fraction of sp³-hybridized carbons (Fsp3) is 0.438. The second-order valence-electron chi connectivity index (χ2n) is 14.7. The van der Waals surface area contributed by atoms with Crippen LogP contribution in [0.2, 0.25) is 0 Å². The molecule has 0 aliphatic carbocycles. The van der Waals surface area contributed by atoms with E-state index in [1.807, 2.05) is 59.5 Å². The summed E-state index contributed by atoms with van der Waals surface area (Å²) in [6.07, 6.45) is 7.09. The van der Waals surface area contributed by atoms with Gasteiger partial charge in [0.25, 0.3) is 0 Å². The Morgan fingerprint density at radius 2 is 1.26 bits per heavy atom. The van der Waals surface area contributed by atoms with E-state index in [4.69, 9.17) is 15.2 Å². The van der Waals surface area contributed by atoms with Crippen molar-refractivity contribution in [1.82, 2.24) is 15.1 Å². The first-order valence-corrected chi connectivity index (χ1v) is 20.6. The number of benzene rings is 4. The number of amides is 3. The van der Waals surface area contributed by atoms with Crippen LogP contribution in [0.3, 0.4) is 0 Å². The molecule has 0 saturated carbocycles. The summed E-state index contributed by atoms with van der Waals surface area (Å²) in [6.45, 7) is 12.6. The Bertz CT molecular complexity index is 1770.